The van der Waals surface area contributed by atoms with Crippen LogP contribution in [0.1, 0.15) is 17.3 Å². The maximum atomic E-state index is 13.0. The molecule has 0 aliphatic carbocycles. The van der Waals surface area contributed by atoms with E-state index in [1.807, 2.05) is 31.2 Å². The average molecular weight is 398 g/mol. The largest absolute Gasteiger partial charge is 0.493 e. The SMILES string of the molecule is CCSc1nc2ccccc2n1C(=O)C=Cc1cc(OC)c(OC)c(OC)c1. The molecule has 0 atom stereocenters. The predicted molar refractivity (Wildman–Crippen MR) is 112 cm³/mol. The van der Waals surface area contributed by atoms with Crippen molar-refractivity contribution in [2.45, 2.75) is 12.1 Å². The Balaban J connectivity index is 1.99. The van der Waals surface area contributed by atoms with E-state index >= 15 is 0 Å². The molecule has 3 rings (SSSR count). The third-order valence-electron chi connectivity index (χ3n) is 4.13. The van der Waals surface area contributed by atoms with E-state index in [9.17, 15) is 4.79 Å². The Morgan fingerprint density at radius 3 is 2.39 bits per heavy atom. The number of benzene rings is 2. The number of nitrogens with zero attached hydrogens (tertiary/aromatic N) is 2. The zero-order valence-electron chi connectivity index (χ0n) is 16.3. The molecule has 3 aromatic rings. The number of hydrogen-bond donors (Lipinski definition) is 0. The van der Waals surface area contributed by atoms with Crippen LogP contribution in [0, 0.1) is 0 Å². The fraction of sp³-hybridized carbons (Fsp3) is 0.238. The van der Waals surface area contributed by atoms with Gasteiger partial charge in [0.15, 0.2) is 16.7 Å². The molecule has 0 amide bonds. The van der Waals surface area contributed by atoms with Gasteiger partial charge in [-0.2, -0.15) is 0 Å². The molecule has 1 heterocycles. The number of carbonyl (C=O) groups is 1. The summed E-state index contributed by atoms with van der Waals surface area (Å²) in [6, 6.07) is 11.2. The van der Waals surface area contributed by atoms with E-state index in [2.05, 4.69) is 4.98 Å². The highest BCUT2D eigenvalue weighted by Gasteiger charge is 2.16. The number of fused-ring (bicyclic) bond motifs is 1. The van der Waals surface area contributed by atoms with Crippen molar-refractivity contribution in [3.63, 3.8) is 0 Å². The van der Waals surface area contributed by atoms with Gasteiger partial charge in [-0.05, 0) is 41.7 Å². The zero-order chi connectivity index (χ0) is 20.1. The Bertz CT molecular complexity index is 1000. The van der Waals surface area contributed by atoms with Gasteiger partial charge in [0.05, 0.1) is 32.4 Å². The number of imidazole rings is 1. The first-order chi connectivity index (χ1) is 13.6. The molecule has 0 unspecified atom stereocenters. The molecule has 0 saturated carbocycles. The molecule has 0 saturated heterocycles. The lowest BCUT2D eigenvalue weighted by Crippen LogP contribution is -2.08. The molecule has 146 valence electrons. The molecule has 0 spiro atoms. The van der Waals surface area contributed by atoms with Crippen LogP contribution in [0.5, 0.6) is 17.2 Å². The number of allylic oxidation sites excluding steroid dienone is 1. The molecule has 0 aliphatic heterocycles. The molecule has 0 bridgehead atoms. The summed E-state index contributed by atoms with van der Waals surface area (Å²) < 4.78 is 17.7. The van der Waals surface area contributed by atoms with Gasteiger partial charge in [-0.3, -0.25) is 9.36 Å². The van der Waals surface area contributed by atoms with Gasteiger partial charge in [-0.1, -0.05) is 30.8 Å². The minimum absolute atomic E-state index is 0.168. The van der Waals surface area contributed by atoms with Crippen LogP contribution in [-0.2, 0) is 0 Å². The van der Waals surface area contributed by atoms with Gasteiger partial charge in [-0.25, -0.2) is 4.98 Å². The van der Waals surface area contributed by atoms with Crippen molar-refractivity contribution in [2.24, 2.45) is 0 Å². The Kier molecular flexibility index (Phi) is 6.26. The maximum absolute atomic E-state index is 13.0. The van der Waals surface area contributed by atoms with Crippen LogP contribution in [0.2, 0.25) is 0 Å². The van der Waals surface area contributed by atoms with Gasteiger partial charge in [0.25, 0.3) is 5.91 Å². The first kappa shape index (κ1) is 19.8. The number of rotatable bonds is 7. The summed E-state index contributed by atoms with van der Waals surface area (Å²) in [5.41, 5.74) is 2.35. The highest BCUT2D eigenvalue weighted by atomic mass is 32.2. The minimum atomic E-state index is -0.168. The van der Waals surface area contributed by atoms with Crippen LogP contribution in [0.4, 0.5) is 0 Å². The number of hydrogen-bond acceptors (Lipinski definition) is 6. The standard InChI is InChI=1S/C21H22N2O4S/c1-5-28-21-22-15-8-6-7-9-16(15)23(21)19(24)11-10-14-12-17(25-2)20(27-4)18(13-14)26-3/h6-13H,5H2,1-4H3. The summed E-state index contributed by atoms with van der Waals surface area (Å²) in [6.07, 6.45) is 3.25. The summed E-state index contributed by atoms with van der Waals surface area (Å²) >= 11 is 1.54. The molecule has 28 heavy (non-hydrogen) atoms. The van der Waals surface area contributed by atoms with E-state index in [0.29, 0.717) is 22.4 Å². The van der Waals surface area contributed by atoms with E-state index in [1.54, 1.807) is 44.1 Å². The summed E-state index contributed by atoms with van der Waals surface area (Å²) in [5.74, 6) is 2.23. The van der Waals surface area contributed by atoms with Crippen LogP contribution >= 0.6 is 11.8 Å². The molecule has 0 aliphatic rings. The number of carbonyl (C=O) groups excluding carboxylic acids is 1. The van der Waals surface area contributed by atoms with Crippen LogP contribution in [-0.4, -0.2) is 42.5 Å². The maximum Gasteiger partial charge on any atom is 0.257 e. The second-order valence-electron chi connectivity index (χ2n) is 5.78. The molecule has 0 radical (unpaired) electrons. The van der Waals surface area contributed by atoms with E-state index < -0.39 is 0 Å². The van der Waals surface area contributed by atoms with Gasteiger partial charge in [0.1, 0.15) is 0 Å². The number of ether oxygens (including phenoxy) is 3. The Hall–Kier alpha value is -2.93. The van der Waals surface area contributed by atoms with Gasteiger partial charge < -0.3 is 14.2 Å². The molecule has 0 N–H and O–H groups in total. The summed E-state index contributed by atoms with van der Waals surface area (Å²) in [6.45, 7) is 2.03. The van der Waals surface area contributed by atoms with Crippen LogP contribution in [0.25, 0.3) is 17.1 Å². The van der Waals surface area contributed by atoms with Crippen molar-refractivity contribution >= 4 is 34.8 Å². The average Bonchev–Trinajstić information content (AvgIpc) is 3.09. The fourth-order valence-electron chi connectivity index (χ4n) is 2.88. The Morgan fingerprint density at radius 1 is 1.11 bits per heavy atom. The smallest absolute Gasteiger partial charge is 0.257 e. The van der Waals surface area contributed by atoms with Crippen molar-refractivity contribution in [2.75, 3.05) is 27.1 Å². The highest BCUT2D eigenvalue weighted by molar-refractivity contribution is 7.99. The van der Waals surface area contributed by atoms with Gasteiger partial charge >= 0.3 is 0 Å². The van der Waals surface area contributed by atoms with Crippen molar-refractivity contribution in [1.29, 1.82) is 0 Å². The monoisotopic (exact) mass is 398 g/mol. The second kappa shape index (κ2) is 8.84. The van der Waals surface area contributed by atoms with Crippen molar-refractivity contribution in [3.05, 3.63) is 48.0 Å². The predicted octanol–water partition coefficient (Wildman–Crippen LogP) is 4.53. The van der Waals surface area contributed by atoms with Crippen molar-refractivity contribution in [3.8, 4) is 17.2 Å². The number of thioether (sulfide) groups is 1. The van der Waals surface area contributed by atoms with E-state index in [0.717, 1.165) is 22.3 Å². The Morgan fingerprint density at radius 2 is 1.79 bits per heavy atom. The molecule has 6 nitrogen and oxygen atoms in total. The molecule has 1 aromatic heterocycles. The molecule has 7 heteroatoms. The van der Waals surface area contributed by atoms with Crippen molar-refractivity contribution < 1.29 is 19.0 Å². The quantitative estimate of drug-likeness (QED) is 0.430. The van der Waals surface area contributed by atoms with E-state index in [4.69, 9.17) is 14.2 Å². The second-order valence-corrected chi connectivity index (χ2v) is 7.01. The lowest BCUT2D eigenvalue weighted by Gasteiger charge is -2.12. The molecular formula is C21H22N2O4S. The van der Waals surface area contributed by atoms with Crippen LogP contribution in [0.3, 0.4) is 0 Å². The van der Waals surface area contributed by atoms with Crippen LogP contribution in [0.15, 0.2) is 47.6 Å². The highest BCUT2D eigenvalue weighted by Crippen LogP contribution is 2.38. The third kappa shape index (κ3) is 3.84. The molecular weight excluding hydrogens is 376 g/mol. The van der Waals surface area contributed by atoms with E-state index in [1.165, 1.54) is 17.8 Å². The lowest BCUT2D eigenvalue weighted by molar-refractivity contribution is 0.0965. The number of methoxy groups -OCH3 is 3. The minimum Gasteiger partial charge on any atom is -0.493 e. The summed E-state index contributed by atoms with van der Waals surface area (Å²) in [4.78, 5) is 17.5. The topological polar surface area (TPSA) is 62.6 Å². The van der Waals surface area contributed by atoms with Crippen molar-refractivity contribution in [1.82, 2.24) is 9.55 Å². The number of para-hydroxylation sites is 2. The van der Waals surface area contributed by atoms with Crippen LogP contribution < -0.4 is 14.2 Å². The van der Waals surface area contributed by atoms with Gasteiger partial charge in [-0.15, -0.1) is 0 Å². The fourth-order valence-corrected chi connectivity index (χ4v) is 3.62. The number of aromatic nitrogens is 2. The first-order valence-electron chi connectivity index (χ1n) is 8.75. The first-order valence-corrected chi connectivity index (χ1v) is 9.74. The molecule has 0 fully saturated rings. The summed E-state index contributed by atoms with van der Waals surface area (Å²) in [7, 11) is 4.67. The van der Waals surface area contributed by atoms with Gasteiger partial charge in [0, 0.05) is 6.08 Å². The third-order valence-corrected chi connectivity index (χ3v) is 4.95. The van der Waals surface area contributed by atoms with E-state index in [-0.39, 0.29) is 5.91 Å². The lowest BCUT2D eigenvalue weighted by atomic mass is 10.1. The molecule has 2 aromatic carbocycles. The zero-order valence-corrected chi connectivity index (χ0v) is 17.1. The van der Waals surface area contributed by atoms with Gasteiger partial charge in [0.2, 0.25) is 5.75 Å². The Labute approximate surface area is 168 Å². The normalized spacial score (nSPS) is 11.1. The summed E-state index contributed by atoms with van der Waals surface area (Å²) in [5, 5.41) is 0.684.